The fourth-order valence-corrected chi connectivity index (χ4v) is 2.26. The molecule has 0 saturated heterocycles. The second-order valence-electron chi connectivity index (χ2n) is 4.88. The van der Waals surface area contributed by atoms with Gasteiger partial charge in [0.1, 0.15) is 5.76 Å². The fraction of sp³-hybridized carbons (Fsp3) is 0.118. The summed E-state index contributed by atoms with van der Waals surface area (Å²) in [6, 6.07) is 17.1. The number of cyclic esters (lactones) is 1. The van der Waals surface area contributed by atoms with Crippen molar-refractivity contribution >= 4 is 17.5 Å². The van der Waals surface area contributed by atoms with Crippen molar-refractivity contribution in [3.05, 3.63) is 71.8 Å². The lowest BCUT2D eigenvalue weighted by atomic mass is 10.1. The summed E-state index contributed by atoms with van der Waals surface area (Å²) in [5, 5.41) is 0. The van der Waals surface area contributed by atoms with E-state index >= 15 is 0 Å². The van der Waals surface area contributed by atoms with Crippen molar-refractivity contribution in [1.29, 1.82) is 0 Å². The maximum atomic E-state index is 12.1. The highest BCUT2D eigenvalue weighted by Gasteiger charge is 2.22. The molecule has 2 N–H and O–H groups in total. The van der Waals surface area contributed by atoms with Crippen molar-refractivity contribution in [2.75, 3.05) is 12.3 Å². The molecule has 1 aliphatic heterocycles. The largest absolute Gasteiger partial charge is 0.415 e. The number of anilines is 1. The third-order valence-corrected chi connectivity index (χ3v) is 3.43. The molecule has 0 spiro atoms. The lowest BCUT2D eigenvalue weighted by molar-refractivity contribution is 0.139. The van der Waals surface area contributed by atoms with Crippen LogP contribution in [0.25, 0.3) is 5.76 Å². The molecule has 2 aromatic carbocycles. The standard InChI is InChI=1S/C17H16N2O2/c18-15-9-5-4-8-14(15)12-19-11-10-16(21-17(19)20)13-6-2-1-3-7-13/h1-10H,11-12,18H2. The van der Waals surface area contributed by atoms with Crippen molar-refractivity contribution in [3.63, 3.8) is 0 Å². The van der Waals surface area contributed by atoms with Gasteiger partial charge in [-0.15, -0.1) is 0 Å². The lowest BCUT2D eigenvalue weighted by Gasteiger charge is -2.26. The van der Waals surface area contributed by atoms with E-state index in [0.717, 1.165) is 11.1 Å². The van der Waals surface area contributed by atoms with Gasteiger partial charge in [-0.1, -0.05) is 48.5 Å². The minimum absolute atomic E-state index is 0.348. The van der Waals surface area contributed by atoms with Crippen molar-refractivity contribution < 1.29 is 9.53 Å². The van der Waals surface area contributed by atoms with Crippen LogP contribution in [0.3, 0.4) is 0 Å². The fourth-order valence-electron chi connectivity index (χ4n) is 2.26. The molecule has 0 atom stereocenters. The van der Waals surface area contributed by atoms with Gasteiger partial charge in [0.15, 0.2) is 0 Å². The van der Waals surface area contributed by atoms with Crippen LogP contribution in [-0.2, 0) is 11.3 Å². The zero-order valence-corrected chi connectivity index (χ0v) is 11.5. The minimum Gasteiger partial charge on any atom is -0.410 e. The van der Waals surface area contributed by atoms with Crippen molar-refractivity contribution in [2.45, 2.75) is 6.54 Å². The lowest BCUT2D eigenvalue weighted by Crippen LogP contribution is -2.34. The summed E-state index contributed by atoms with van der Waals surface area (Å²) in [6.07, 6.45) is 1.56. The van der Waals surface area contributed by atoms with Crippen LogP contribution >= 0.6 is 0 Å². The number of nitrogen functional groups attached to an aromatic ring is 1. The van der Waals surface area contributed by atoms with Gasteiger partial charge in [-0.25, -0.2) is 4.79 Å². The summed E-state index contributed by atoms with van der Waals surface area (Å²) in [4.78, 5) is 13.7. The number of para-hydroxylation sites is 1. The number of nitrogens with two attached hydrogens (primary N) is 1. The van der Waals surface area contributed by atoms with E-state index in [0.29, 0.717) is 24.5 Å². The van der Waals surface area contributed by atoms with Gasteiger partial charge in [-0.3, -0.25) is 4.90 Å². The van der Waals surface area contributed by atoms with Gasteiger partial charge in [0, 0.05) is 17.8 Å². The molecule has 0 aromatic heterocycles. The predicted molar refractivity (Wildman–Crippen MR) is 82.2 cm³/mol. The summed E-state index contributed by atoms with van der Waals surface area (Å²) >= 11 is 0. The Balaban J connectivity index is 1.75. The number of nitrogens with zero attached hydrogens (tertiary/aromatic N) is 1. The molecule has 2 aromatic rings. The van der Waals surface area contributed by atoms with E-state index in [9.17, 15) is 4.79 Å². The molecule has 0 aliphatic carbocycles. The molecule has 0 fully saturated rings. The second kappa shape index (κ2) is 5.71. The maximum Gasteiger partial charge on any atom is 0.415 e. The van der Waals surface area contributed by atoms with Crippen molar-refractivity contribution in [1.82, 2.24) is 4.90 Å². The van der Waals surface area contributed by atoms with Crippen molar-refractivity contribution in [3.8, 4) is 0 Å². The number of rotatable bonds is 3. The molecular weight excluding hydrogens is 264 g/mol. The van der Waals surface area contributed by atoms with Gasteiger partial charge in [0.05, 0.1) is 6.54 Å². The summed E-state index contributed by atoms with van der Waals surface area (Å²) in [5.41, 5.74) is 8.42. The van der Waals surface area contributed by atoms with E-state index in [1.807, 2.05) is 60.7 Å². The first-order valence-corrected chi connectivity index (χ1v) is 6.80. The van der Waals surface area contributed by atoms with Crippen LogP contribution < -0.4 is 5.73 Å². The van der Waals surface area contributed by atoms with E-state index in [1.54, 1.807) is 4.90 Å². The van der Waals surface area contributed by atoms with Crippen LogP contribution in [0.15, 0.2) is 60.7 Å². The topological polar surface area (TPSA) is 55.6 Å². The van der Waals surface area contributed by atoms with Gasteiger partial charge in [0.2, 0.25) is 0 Å². The van der Waals surface area contributed by atoms with Crippen LogP contribution in [0.2, 0.25) is 0 Å². The summed E-state index contributed by atoms with van der Waals surface area (Å²) in [6.45, 7) is 0.960. The van der Waals surface area contributed by atoms with E-state index in [4.69, 9.17) is 10.5 Å². The number of ether oxygens (including phenoxy) is 1. The quantitative estimate of drug-likeness (QED) is 0.878. The summed E-state index contributed by atoms with van der Waals surface area (Å²) in [5.74, 6) is 0.609. The van der Waals surface area contributed by atoms with E-state index in [2.05, 4.69) is 0 Å². The highest BCUT2D eigenvalue weighted by atomic mass is 16.6. The van der Waals surface area contributed by atoms with Crippen LogP contribution in [-0.4, -0.2) is 17.5 Å². The Kier molecular flexibility index (Phi) is 3.60. The van der Waals surface area contributed by atoms with Crippen LogP contribution in [0.1, 0.15) is 11.1 Å². The van der Waals surface area contributed by atoms with Crippen LogP contribution in [0.5, 0.6) is 0 Å². The average molecular weight is 280 g/mol. The maximum absolute atomic E-state index is 12.1. The molecule has 0 bridgehead atoms. The summed E-state index contributed by atoms with van der Waals surface area (Å²) < 4.78 is 5.40. The number of amides is 1. The van der Waals surface area contributed by atoms with Gasteiger partial charge in [0.25, 0.3) is 0 Å². The Morgan fingerprint density at radius 3 is 2.48 bits per heavy atom. The Bertz CT molecular complexity index is 680. The molecule has 1 amide bonds. The normalized spacial score (nSPS) is 14.6. The molecule has 1 heterocycles. The van der Waals surface area contributed by atoms with Gasteiger partial charge in [-0.05, 0) is 17.7 Å². The van der Waals surface area contributed by atoms with Gasteiger partial charge in [-0.2, -0.15) is 0 Å². The Morgan fingerprint density at radius 1 is 1.05 bits per heavy atom. The molecule has 3 rings (SSSR count). The van der Waals surface area contributed by atoms with Gasteiger partial charge >= 0.3 is 6.09 Å². The van der Waals surface area contributed by atoms with Crippen LogP contribution in [0, 0.1) is 0 Å². The number of benzene rings is 2. The van der Waals surface area contributed by atoms with E-state index in [1.165, 1.54) is 0 Å². The molecule has 0 unspecified atom stereocenters. The number of hydrogen-bond acceptors (Lipinski definition) is 3. The first-order chi connectivity index (χ1) is 10.2. The van der Waals surface area contributed by atoms with Gasteiger partial charge < -0.3 is 10.5 Å². The zero-order chi connectivity index (χ0) is 14.7. The Hall–Kier alpha value is -2.75. The Labute approximate surface area is 123 Å². The Morgan fingerprint density at radius 2 is 1.76 bits per heavy atom. The highest BCUT2D eigenvalue weighted by molar-refractivity contribution is 5.79. The van der Waals surface area contributed by atoms with E-state index < -0.39 is 0 Å². The number of hydrogen-bond donors (Lipinski definition) is 1. The number of carbonyl (C=O) groups excluding carboxylic acids is 1. The average Bonchev–Trinajstić information content (AvgIpc) is 2.52. The molecular formula is C17H16N2O2. The zero-order valence-electron chi connectivity index (χ0n) is 11.5. The molecule has 0 radical (unpaired) electrons. The molecule has 21 heavy (non-hydrogen) atoms. The molecule has 4 nitrogen and oxygen atoms in total. The predicted octanol–water partition coefficient (Wildman–Crippen LogP) is 3.26. The smallest absolute Gasteiger partial charge is 0.410 e. The van der Waals surface area contributed by atoms with Crippen LogP contribution in [0.4, 0.5) is 10.5 Å². The number of carbonyl (C=O) groups is 1. The molecule has 1 aliphatic rings. The second-order valence-corrected chi connectivity index (χ2v) is 4.88. The molecule has 106 valence electrons. The molecule has 4 heteroatoms. The third-order valence-electron chi connectivity index (χ3n) is 3.43. The monoisotopic (exact) mass is 280 g/mol. The first kappa shape index (κ1) is 13.2. The third kappa shape index (κ3) is 2.89. The first-order valence-electron chi connectivity index (χ1n) is 6.80. The van der Waals surface area contributed by atoms with Crippen molar-refractivity contribution in [2.24, 2.45) is 0 Å². The SMILES string of the molecule is Nc1ccccc1CN1CC=C(c2ccccc2)OC1=O. The molecule has 0 saturated carbocycles. The summed E-state index contributed by atoms with van der Waals surface area (Å²) in [7, 11) is 0. The highest BCUT2D eigenvalue weighted by Crippen LogP contribution is 2.23. The minimum atomic E-state index is -0.348. The van der Waals surface area contributed by atoms with E-state index in [-0.39, 0.29) is 6.09 Å².